The maximum Gasteiger partial charge on any atom is 0.275 e. The molecule has 3 rings (SSSR count). The van der Waals surface area contributed by atoms with Crippen molar-refractivity contribution in [3.8, 4) is 0 Å². The molecule has 1 aromatic carbocycles. The average molecular weight is 288 g/mol. The van der Waals surface area contributed by atoms with Gasteiger partial charge < -0.3 is 9.64 Å². The van der Waals surface area contributed by atoms with E-state index in [1.807, 2.05) is 12.1 Å². The Kier molecular flexibility index (Phi) is 3.84. The Morgan fingerprint density at radius 3 is 2.81 bits per heavy atom. The van der Waals surface area contributed by atoms with Crippen molar-refractivity contribution in [1.29, 1.82) is 0 Å². The van der Waals surface area contributed by atoms with Crippen molar-refractivity contribution in [3.63, 3.8) is 0 Å². The summed E-state index contributed by atoms with van der Waals surface area (Å²) >= 11 is 0. The van der Waals surface area contributed by atoms with Gasteiger partial charge in [-0.3, -0.25) is 4.79 Å². The van der Waals surface area contributed by atoms with E-state index >= 15 is 0 Å². The third kappa shape index (κ3) is 2.74. The van der Waals surface area contributed by atoms with Crippen LogP contribution in [0.25, 0.3) is 10.9 Å². The Morgan fingerprint density at radius 1 is 1.33 bits per heavy atom. The Bertz CT molecular complexity index is 668. The Balaban J connectivity index is 1.91. The molecule has 4 nitrogen and oxygen atoms in total. The lowest BCUT2D eigenvalue weighted by Crippen LogP contribution is -2.41. The van der Waals surface area contributed by atoms with E-state index in [0.29, 0.717) is 24.1 Å². The first-order chi connectivity index (χ1) is 10.2. The number of carbonyl (C=O) groups is 1. The van der Waals surface area contributed by atoms with Crippen LogP contribution >= 0.6 is 0 Å². The molecule has 1 aromatic heterocycles. The van der Waals surface area contributed by atoms with Crippen molar-refractivity contribution in [3.05, 3.63) is 41.8 Å². The number of nitrogens with zero attached hydrogens (tertiary/aromatic N) is 2. The van der Waals surface area contributed by atoms with Crippen LogP contribution < -0.4 is 0 Å². The normalized spacial score (nSPS) is 16.1. The summed E-state index contributed by atoms with van der Waals surface area (Å²) in [6, 6.07) is 8.65. The van der Waals surface area contributed by atoms with E-state index in [4.69, 9.17) is 4.74 Å². The number of halogens is 1. The number of hydrogen-bond donors (Lipinski definition) is 0. The maximum atomic E-state index is 14.2. The van der Waals surface area contributed by atoms with Gasteiger partial charge in [-0.1, -0.05) is 18.2 Å². The second-order valence-corrected chi connectivity index (χ2v) is 5.27. The minimum absolute atomic E-state index is 0.0823. The van der Waals surface area contributed by atoms with Gasteiger partial charge in [-0.05, 0) is 25.0 Å². The highest BCUT2D eigenvalue weighted by Gasteiger charge is 2.26. The summed E-state index contributed by atoms with van der Waals surface area (Å²) in [7, 11) is 1.70. The van der Waals surface area contributed by atoms with Gasteiger partial charge in [0.25, 0.3) is 5.91 Å². The Labute approximate surface area is 122 Å². The van der Waals surface area contributed by atoms with Crippen molar-refractivity contribution >= 4 is 16.8 Å². The van der Waals surface area contributed by atoms with Gasteiger partial charge in [0.05, 0.1) is 5.52 Å². The molecule has 0 atom stereocenters. The molecule has 1 aliphatic heterocycles. The molecular formula is C16H17FN2O2. The number of pyridine rings is 1. The fourth-order valence-electron chi connectivity index (χ4n) is 2.65. The number of para-hydroxylation sites is 1. The predicted molar refractivity (Wildman–Crippen MR) is 77.6 cm³/mol. The summed E-state index contributed by atoms with van der Waals surface area (Å²) in [5.41, 5.74) is 0.519. The van der Waals surface area contributed by atoms with Crippen LogP contribution in [-0.4, -0.2) is 42.1 Å². The number of hydrogen-bond acceptors (Lipinski definition) is 3. The van der Waals surface area contributed by atoms with Crippen LogP contribution in [0.15, 0.2) is 30.3 Å². The molecular weight excluding hydrogens is 271 g/mol. The molecule has 1 aliphatic rings. The standard InChI is InChI=1S/C16H17FN2O2/c1-19(12-6-8-21-9-7-12)16(20)15-13(17)10-11-4-2-3-5-14(11)18-15/h2-5,10,12H,6-9H2,1H3. The van der Waals surface area contributed by atoms with Crippen molar-refractivity contribution in [2.75, 3.05) is 20.3 Å². The Hall–Kier alpha value is -2.01. The van der Waals surface area contributed by atoms with Gasteiger partial charge in [0.1, 0.15) is 0 Å². The second-order valence-electron chi connectivity index (χ2n) is 5.27. The third-order valence-electron chi connectivity index (χ3n) is 3.94. The van der Waals surface area contributed by atoms with Crippen LogP contribution in [0.1, 0.15) is 23.3 Å². The van der Waals surface area contributed by atoms with E-state index in [2.05, 4.69) is 4.98 Å². The average Bonchev–Trinajstić information content (AvgIpc) is 2.53. The largest absolute Gasteiger partial charge is 0.381 e. The summed E-state index contributed by atoms with van der Waals surface area (Å²) in [6.45, 7) is 1.27. The summed E-state index contributed by atoms with van der Waals surface area (Å²) in [4.78, 5) is 18.3. The smallest absolute Gasteiger partial charge is 0.275 e. The van der Waals surface area contributed by atoms with E-state index in [-0.39, 0.29) is 17.6 Å². The fraction of sp³-hybridized carbons (Fsp3) is 0.375. The van der Waals surface area contributed by atoms with Crippen LogP contribution in [0.2, 0.25) is 0 Å². The van der Waals surface area contributed by atoms with Gasteiger partial charge in [0.15, 0.2) is 11.5 Å². The van der Waals surface area contributed by atoms with Crippen molar-refractivity contribution in [2.45, 2.75) is 18.9 Å². The van der Waals surface area contributed by atoms with Crippen LogP contribution in [0.3, 0.4) is 0 Å². The molecule has 0 saturated carbocycles. The van der Waals surface area contributed by atoms with Gasteiger partial charge in [-0.2, -0.15) is 0 Å². The molecule has 5 heteroatoms. The van der Waals surface area contributed by atoms with Crippen LogP contribution in [0.4, 0.5) is 4.39 Å². The van der Waals surface area contributed by atoms with Gasteiger partial charge in [-0.25, -0.2) is 9.37 Å². The minimum Gasteiger partial charge on any atom is -0.381 e. The van der Waals surface area contributed by atoms with Crippen LogP contribution in [0, 0.1) is 5.82 Å². The molecule has 0 aliphatic carbocycles. The monoisotopic (exact) mass is 288 g/mol. The zero-order valence-electron chi connectivity index (χ0n) is 11.9. The van der Waals surface area contributed by atoms with E-state index in [1.165, 1.54) is 6.07 Å². The van der Waals surface area contributed by atoms with Gasteiger partial charge in [-0.15, -0.1) is 0 Å². The number of rotatable bonds is 2. The molecule has 0 radical (unpaired) electrons. The van der Waals surface area contributed by atoms with Gasteiger partial charge >= 0.3 is 0 Å². The second kappa shape index (κ2) is 5.77. The number of benzene rings is 1. The summed E-state index contributed by atoms with van der Waals surface area (Å²) in [6.07, 6.45) is 1.55. The third-order valence-corrected chi connectivity index (χ3v) is 3.94. The van der Waals surface area contributed by atoms with E-state index < -0.39 is 5.82 Å². The quantitative estimate of drug-likeness (QED) is 0.853. The predicted octanol–water partition coefficient (Wildman–Crippen LogP) is 2.62. The summed E-state index contributed by atoms with van der Waals surface area (Å²) < 4.78 is 19.5. The van der Waals surface area contributed by atoms with Gasteiger partial charge in [0, 0.05) is 31.7 Å². The molecule has 0 bridgehead atoms. The highest BCUT2D eigenvalue weighted by atomic mass is 19.1. The van der Waals surface area contributed by atoms with E-state index in [1.54, 1.807) is 24.1 Å². The first kappa shape index (κ1) is 13.9. The van der Waals surface area contributed by atoms with Crippen molar-refractivity contribution < 1.29 is 13.9 Å². The van der Waals surface area contributed by atoms with Crippen molar-refractivity contribution in [2.24, 2.45) is 0 Å². The zero-order chi connectivity index (χ0) is 14.8. The number of amides is 1. The molecule has 0 unspecified atom stereocenters. The lowest BCUT2D eigenvalue weighted by atomic mass is 10.1. The summed E-state index contributed by atoms with van der Waals surface area (Å²) in [5.74, 6) is -0.942. The minimum atomic E-state index is -0.572. The molecule has 21 heavy (non-hydrogen) atoms. The molecule has 0 spiro atoms. The Morgan fingerprint density at radius 2 is 2.05 bits per heavy atom. The number of aromatic nitrogens is 1. The molecule has 110 valence electrons. The number of carbonyl (C=O) groups excluding carboxylic acids is 1. The zero-order valence-corrected chi connectivity index (χ0v) is 11.9. The molecule has 1 fully saturated rings. The van der Waals surface area contributed by atoms with Gasteiger partial charge in [0.2, 0.25) is 0 Å². The molecule has 1 amide bonds. The lowest BCUT2D eigenvalue weighted by molar-refractivity contribution is 0.0356. The SMILES string of the molecule is CN(C(=O)c1nc2ccccc2cc1F)C1CCOCC1. The molecule has 1 saturated heterocycles. The summed E-state index contributed by atoms with van der Waals surface area (Å²) in [5, 5.41) is 0.695. The fourth-order valence-corrected chi connectivity index (χ4v) is 2.65. The molecule has 2 aromatic rings. The van der Waals surface area contributed by atoms with Crippen LogP contribution in [0.5, 0.6) is 0 Å². The topological polar surface area (TPSA) is 42.4 Å². The first-order valence-corrected chi connectivity index (χ1v) is 7.07. The van der Waals surface area contributed by atoms with Crippen molar-refractivity contribution in [1.82, 2.24) is 9.88 Å². The number of ether oxygens (including phenoxy) is 1. The molecule has 0 N–H and O–H groups in total. The number of fused-ring (bicyclic) bond motifs is 1. The maximum absolute atomic E-state index is 14.2. The molecule has 2 heterocycles. The van der Waals surface area contributed by atoms with E-state index in [0.717, 1.165) is 12.8 Å². The first-order valence-electron chi connectivity index (χ1n) is 7.07. The highest BCUT2D eigenvalue weighted by Crippen LogP contribution is 2.19. The van der Waals surface area contributed by atoms with E-state index in [9.17, 15) is 9.18 Å². The highest BCUT2D eigenvalue weighted by molar-refractivity contribution is 5.95. The van der Waals surface area contributed by atoms with Crippen LogP contribution in [-0.2, 0) is 4.74 Å². The lowest BCUT2D eigenvalue weighted by Gasteiger charge is -2.31.